The molecule has 0 N–H and O–H groups in total. The Bertz CT molecular complexity index is 698. The van der Waals surface area contributed by atoms with Crippen molar-refractivity contribution in [3.63, 3.8) is 0 Å². The van der Waals surface area contributed by atoms with Crippen molar-refractivity contribution in [1.29, 1.82) is 0 Å². The van der Waals surface area contributed by atoms with E-state index in [0.717, 1.165) is 10.0 Å². The normalized spacial score (nSPS) is 12.4. The third-order valence-corrected chi connectivity index (χ3v) is 4.34. The minimum atomic E-state index is -1.22. The van der Waals surface area contributed by atoms with Crippen LogP contribution in [0.5, 0.6) is 0 Å². The molecule has 0 aliphatic carbocycles. The van der Waals surface area contributed by atoms with Crippen LogP contribution < -0.4 is 0 Å². The predicted octanol–water partition coefficient (Wildman–Crippen LogP) is 4.28. The zero-order valence-corrected chi connectivity index (χ0v) is 13.3. The summed E-state index contributed by atoms with van der Waals surface area (Å²) in [5.74, 6) is 0.379. The standard InChI is InChI=1S/C15H12BrNO3S/c16-14-7-5-12(6-8-14)11-21(20)10-9-13-3-1-2-4-15(13)17(18)19/h1-10H,11H2/b10-9+. The molecule has 2 aromatic carbocycles. The summed E-state index contributed by atoms with van der Waals surface area (Å²) in [6.45, 7) is 0. The quantitative estimate of drug-likeness (QED) is 0.586. The molecule has 6 heteroatoms. The van der Waals surface area contributed by atoms with Crippen molar-refractivity contribution in [2.75, 3.05) is 0 Å². The summed E-state index contributed by atoms with van der Waals surface area (Å²) >= 11 is 3.34. The lowest BCUT2D eigenvalue weighted by molar-refractivity contribution is -0.385. The van der Waals surface area contributed by atoms with Crippen molar-refractivity contribution >= 4 is 38.5 Å². The van der Waals surface area contributed by atoms with E-state index in [0.29, 0.717) is 11.3 Å². The minimum absolute atomic E-state index is 0.00870. The van der Waals surface area contributed by atoms with E-state index in [2.05, 4.69) is 15.9 Å². The molecule has 21 heavy (non-hydrogen) atoms. The lowest BCUT2D eigenvalue weighted by Crippen LogP contribution is -1.93. The van der Waals surface area contributed by atoms with E-state index < -0.39 is 15.7 Å². The van der Waals surface area contributed by atoms with Crippen LogP contribution in [0.1, 0.15) is 11.1 Å². The Morgan fingerprint density at radius 3 is 2.48 bits per heavy atom. The van der Waals surface area contributed by atoms with Crippen LogP contribution in [0.3, 0.4) is 0 Å². The average Bonchev–Trinajstić information content (AvgIpc) is 2.48. The van der Waals surface area contributed by atoms with Crippen LogP contribution in [-0.2, 0) is 16.6 Å². The zero-order chi connectivity index (χ0) is 15.2. The molecule has 108 valence electrons. The fourth-order valence-electron chi connectivity index (χ4n) is 1.74. The van der Waals surface area contributed by atoms with Crippen molar-refractivity contribution < 1.29 is 9.13 Å². The van der Waals surface area contributed by atoms with Crippen molar-refractivity contribution in [2.24, 2.45) is 0 Å². The molecule has 0 amide bonds. The molecule has 0 fully saturated rings. The highest BCUT2D eigenvalue weighted by Gasteiger charge is 2.09. The molecule has 0 aliphatic heterocycles. The fourth-order valence-corrected chi connectivity index (χ4v) is 2.92. The van der Waals surface area contributed by atoms with Crippen molar-refractivity contribution in [3.8, 4) is 0 Å². The van der Waals surface area contributed by atoms with E-state index in [1.807, 2.05) is 24.3 Å². The highest BCUT2D eigenvalue weighted by molar-refractivity contribution is 9.10. The molecule has 0 spiro atoms. The maximum Gasteiger partial charge on any atom is 0.276 e. The van der Waals surface area contributed by atoms with Gasteiger partial charge in [-0.25, -0.2) is 0 Å². The second-order valence-electron chi connectivity index (χ2n) is 4.27. The number of rotatable bonds is 5. The van der Waals surface area contributed by atoms with Gasteiger partial charge in [0.2, 0.25) is 0 Å². The number of benzene rings is 2. The number of nitro groups is 1. The molecule has 1 unspecified atom stereocenters. The number of halogens is 1. The largest absolute Gasteiger partial charge is 0.276 e. The molecular weight excluding hydrogens is 354 g/mol. The first-order valence-electron chi connectivity index (χ1n) is 6.09. The summed E-state index contributed by atoms with van der Waals surface area (Å²) in [6, 6.07) is 13.9. The SMILES string of the molecule is O=[N+]([O-])c1ccccc1/C=C/S(=O)Cc1ccc(Br)cc1. The number of hydrogen-bond donors (Lipinski definition) is 0. The molecule has 2 aromatic rings. The predicted molar refractivity (Wildman–Crippen MR) is 88.1 cm³/mol. The van der Waals surface area contributed by atoms with Crippen molar-refractivity contribution in [2.45, 2.75) is 5.75 Å². The molecule has 0 bridgehead atoms. The Morgan fingerprint density at radius 1 is 1.14 bits per heavy atom. The van der Waals surface area contributed by atoms with E-state index in [4.69, 9.17) is 0 Å². The topological polar surface area (TPSA) is 60.2 Å². The lowest BCUT2D eigenvalue weighted by Gasteiger charge is -1.99. The summed E-state index contributed by atoms with van der Waals surface area (Å²) in [5.41, 5.74) is 1.41. The molecule has 0 saturated carbocycles. The van der Waals surface area contributed by atoms with Gasteiger partial charge >= 0.3 is 0 Å². The highest BCUT2D eigenvalue weighted by atomic mass is 79.9. The molecule has 0 aromatic heterocycles. The molecule has 0 saturated heterocycles. The molecule has 0 radical (unpaired) electrons. The van der Waals surface area contributed by atoms with Crippen LogP contribution in [-0.4, -0.2) is 9.13 Å². The molecule has 2 rings (SSSR count). The Hall–Kier alpha value is -1.79. The molecule has 0 aliphatic rings. The Morgan fingerprint density at radius 2 is 1.81 bits per heavy atom. The van der Waals surface area contributed by atoms with Gasteiger partial charge in [-0.05, 0) is 29.8 Å². The van der Waals surface area contributed by atoms with Gasteiger partial charge in [-0.1, -0.05) is 40.2 Å². The van der Waals surface area contributed by atoms with Gasteiger partial charge < -0.3 is 0 Å². The van der Waals surface area contributed by atoms with Crippen molar-refractivity contribution in [3.05, 3.63) is 79.7 Å². The first-order valence-corrected chi connectivity index (χ1v) is 8.27. The minimum Gasteiger partial charge on any atom is -0.258 e. The smallest absolute Gasteiger partial charge is 0.258 e. The third kappa shape index (κ3) is 4.61. The Balaban J connectivity index is 2.09. The summed E-state index contributed by atoms with van der Waals surface area (Å²) in [7, 11) is -1.22. The first-order chi connectivity index (χ1) is 10.1. The summed E-state index contributed by atoms with van der Waals surface area (Å²) in [4.78, 5) is 10.4. The first kappa shape index (κ1) is 15.6. The van der Waals surface area contributed by atoms with Gasteiger partial charge in [-0.3, -0.25) is 14.3 Å². The van der Waals surface area contributed by atoms with Crippen LogP contribution in [0.25, 0.3) is 6.08 Å². The van der Waals surface area contributed by atoms with Gasteiger partial charge in [0.05, 0.1) is 27.0 Å². The van der Waals surface area contributed by atoms with E-state index in [-0.39, 0.29) is 5.69 Å². The molecule has 4 nitrogen and oxygen atoms in total. The maximum atomic E-state index is 12.0. The monoisotopic (exact) mass is 365 g/mol. The van der Waals surface area contributed by atoms with Gasteiger partial charge in [0, 0.05) is 15.9 Å². The highest BCUT2D eigenvalue weighted by Crippen LogP contribution is 2.19. The summed E-state index contributed by atoms with van der Waals surface area (Å²) < 4.78 is 13.0. The molecular formula is C15H12BrNO3S. The van der Waals surface area contributed by atoms with Gasteiger partial charge in [0.25, 0.3) is 5.69 Å². The van der Waals surface area contributed by atoms with E-state index >= 15 is 0 Å². The van der Waals surface area contributed by atoms with Crippen LogP contribution in [0.2, 0.25) is 0 Å². The number of para-hydroxylation sites is 1. The van der Waals surface area contributed by atoms with Crippen LogP contribution in [0.15, 0.2) is 58.4 Å². The second-order valence-corrected chi connectivity index (χ2v) is 6.51. The number of nitrogens with zero attached hydrogens (tertiary/aromatic N) is 1. The maximum absolute atomic E-state index is 12.0. The Labute approximate surface area is 133 Å². The van der Waals surface area contributed by atoms with E-state index in [1.54, 1.807) is 18.2 Å². The van der Waals surface area contributed by atoms with E-state index in [1.165, 1.54) is 17.6 Å². The molecule has 1 atom stereocenters. The zero-order valence-electron chi connectivity index (χ0n) is 10.9. The van der Waals surface area contributed by atoms with Crippen LogP contribution in [0.4, 0.5) is 5.69 Å². The van der Waals surface area contributed by atoms with Gasteiger partial charge in [-0.15, -0.1) is 0 Å². The van der Waals surface area contributed by atoms with Gasteiger partial charge in [-0.2, -0.15) is 0 Å². The summed E-state index contributed by atoms with van der Waals surface area (Å²) in [6.07, 6.45) is 1.53. The number of hydrogen-bond acceptors (Lipinski definition) is 3. The van der Waals surface area contributed by atoms with Crippen molar-refractivity contribution in [1.82, 2.24) is 0 Å². The Kier molecular flexibility index (Phi) is 5.41. The fraction of sp³-hybridized carbons (Fsp3) is 0.0667. The lowest BCUT2D eigenvalue weighted by atomic mass is 10.2. The summed E-state index contributed by atoms with van der Waals surface area (Å²) in [5, 5.41) is 12.4. The van der Waals surface area contributed by atoms with Gasteiger partial charge in [0.15, 0.2) is 0 Å². The average molecular weight is 366 g/mol. The van der Waals surface area contributed by atoms with Crippen LogP contribution in [0, 0.1) is 10.1 Å². The second kappa shape index (κ2) is 7.28. The van der Waals surface area contributed by atoms with Gasteiger partial charge in [0.1, 0.15) is 0 Å². The van der Waals surface area contributed by atoms with E-state index in [9.17, 15) is 14.3 Å². The third-order valence-electron chi connectivity index (χ3n) is 2.76. The molecule has 0 heterocycles. The number of nitro benzene ring substituents is 1. The van der Waals surface area contributed by atoms with Crippen LogP contribution >= 0.6 is 15.9 Å².